The van der Waals surface area contributed by atoms with Gasteiger partial charge in [-0.15, -0.1) is 18.9 Å². The second-order valence-electron chi connectivity index (χ2n) is 9.00. The summed E-state index contributed by atoms with van der Waals surface area (Å²) in [6, 6.07) is 8.93. The molecule has 0 saturated carbocycles. The summed E-state index contributed by atoms with van der Waals surface area (Å²) < 4.78 is 79.9. The Balaban J connectivity index is 1.82. The Bertz CT molecular complexity index is 2170. The zero-order valence-electron chi connectivity index (χ0n) is 24.7. The number of sulfone groups is 1. The number of hydrogen-bond acceptors (Lipinski definition) is 22. The van der Waals surface area contributed by atoms with Crippen LogP contribution < -0.4 is 10.1 Å². The largest absolute Gasteiger partial charge is 0.505 e. The van der Waals surface area contributed by atoms with Gasteiger partial charge < -0.3 is 15.2 Å². The number of halogens is 1. The van der Waals surface area contributed by atoms with E-state index < -0.39 is 42.0 Å². The molecule has 1 heterocycles. The number of anilines is 2. The van der Waals surface area contributed by atoms with Crippen LogP contribution in [0.15, 0.2) is 61.3 Å². The Kier molecular flexibility index (Phi) is 13.4. The van der Waals surface area contributed by atoms with Crippen LogP contribution in [0.2, 0.25) is 5.28 Å². The molecule has 1 aromatic heterocycles. The van der Waals surface area contributed by atoms with Gasteiger partial charge in [-0.1, -0.05) is 10.1 Å². The number of fused-ring (bicyclic) bond motifs is 1. The molecular formula is C24H20ClN7O14S4. The Labute approximate surface area is 294 Å². The predicted molar refractivity (Wildman–Crippen MR) is 171 cm³/mol. The van der Waals surface area contributed by atoms with E-state index in [-0.39, 0.29) is 92.1 Å². The normalized spacial score (nSPS) is 12.0. The first-order valence-corrected chi connectivity index (χ1v) is 17.8. The molecule has 0 unspecified atom stereocenters. The van der Waals surface area contributed by atoms with Crippen molar-refractivity contribution in [2.75, 3.05) is 24.8 Å². The first-order chi connectivity index (χ1) is 23.8. The zero-order valence-corrected chi connectivity index (χ0v) is 28.7. The number of rotatable bonds is 17. The van der Waals surface area contributed by atoms with E-state index in [1.807, 2.05) is 6.07 Å². The van der Waals surface area contributed by atoms with Crippen molar-refractivity contribution in [1.29, 1.82) is 5.26 Å². The van der Waals surface area contributed by atoms with Crippen LogP contribution in [-0.2, 0) is 49.3 Å². The molecule has 0 fully saturated rings. The number of azo groups is 1. The fourth-order valence-corrected chi connectivity index (χ4v) is 7.01. The van der Waals surface area contributed by atoms with Crippen molar-refractivity contribution in [1.82, 2.24) is 15.0 Å². The lowest BCUT2D eigenvalue weighted by molar-refractivity contribution is -0.434. The van der Waals surface area contributed by atoms with Crippen molar-refractivity contribution in [3.05, 3.63) is 47.5 Å². The summed E-state index contributed by atoms with van der Waals surface area (Å²) in [5, 5.41) is 54.0. The quantitative estimate of drug-likeness (QED) is 0.0233. The summed E-state index contributed by atoms with van der Waals surface area (Å²) in [5.41, 5.74) is -0.824. The average molecular weight is 794 g/mol. The molecule has 0 atom stereocenters. The van der Waals surface area contributed by atoms with Gasteiger partial charge in [-0.05, 0) is 48.0 Å². The van der Waals surface area contributed by atoms with Gasteiger partial charge >= 0.3 is 0 Å². The fraction of sp³-hybridized carbons (Fsp3) is 0.167. The van der Waals surface area contributed by atoms with Crippen LogP contribution in [0.25, 0.3) is 10.8 Å². The van der Waals surface area contributed by atoms with Gasteiger partial charge in [0, 0.05) is 10.8 Å². The molecule has 4 aromatic rings. The minimum absolute atomic E-state index is 0.0375. The lowest BCUT2D eigenvalue weighted by Crippen LogP contribution is -2.11. The Morgan fingerprint density at radius 2 is 1.78 bits per heavy atom. The molecule has 50 heavy (non-hydrogen) atoms. The van der Waals surface area contributed by atoms with Gasteiger partial charge in [-0.2, -0.15) is 23.6 Å². The van der Waals surface area contributed by atoms with E-state index in [0.29, 0.717) is 0 Å². The SMILES string of the molecule is COc1ccc(S(=O)(=O)CCOSOOO)cc1/N=N/c1c(SOOO)cc2c(S(=O)(=O)O)c(Nc3nc(Cl)nc(CC#N)n3)ccc2c1O. The lowest BCUT2D eigenvalue weighted by atomic mass is 10.1. The highest BCUT2D eigenvalue weighted by molar-refractivity contribution is 7.94. The number of phenolic OH excluding ortho intramolecular Hbond substituents is 1. The molecular weight excluding hydrogens is 774 g/mol. The van der Waals surface area contributed by atoms with Gasteiger partial charge in [0.25, 0.3) is 10.1 Å². The van der Waals surface area contributed by atoms with Crippen molar-refractivity contribution in [3.63, 3.8) is 0 Å². The van der Waals surface area contributed by atoms with E-state index in [1.165, 1.54) is 25.3 Å². The summed E-state index contributed by atoms with van der Waals surface area (Å²) in [6.07, 6.45) is -0.253. The molecule has 0 radical (unpaired) electrons. The minimum atomic E-state index is -5.09. The third-order valence-electron chi connectivity index (χ3n) is 6.04. The topological polar surface area (TPSA) is 304 Å². The third-order valence-corrected chi connectivity index (χ3v) is 9.84. The molecule has 4 rings (SSSR count). The summed E-state index contributed by atoms with van der Waals surface area (Å²) in [5.74, 6) is -1.51. The highest BCUT2D eigenvalue weighted by atomic mass is 35.5. The molecule has 0 saturated heterocycles. The second-order valence-corrected chi connectivity index (χ2v) is 14.1. The van der Waals surface area contributed by atoms with E-state index in [2.05, 4.69) is 49.2 Å². The molecule has 5 N–H and O–H groups in total. The number of hydrogen-bond donors (Lipinski definition) is 5. The number of methoxy groups -OCH3 is 1. The van der Waals surface area contributed by atoms with Crippen LogP contribution in [-0.4, -0.2) is 71.4 Å². The van der Waals surface area contributed by atoms with Gasteiger partial charge in [-0.3, -0.25) is 8.74 Å². The van der Waals surface area contributed by atoms with E-state index in [0.717, 1.165) is 18.2 Å². The molecule has 0 spiro atoms. The number of phenols is 1. The van der Waals surface area contributed by atoms with E-state index in [9.17, 15) is 26.5 Å². The maximum absolute atomic E-state index is 12.9. The monoisotopic (exact) mass is 793 g/mol. The highest BCUT2D eigenvalue weighted by Gasteiger charge is 2.26. The number of nitrogens with zero attached hydrogens (tertiary/aromatic N) is 6. The molecule has 21 nitrogen and oxygen atoms in total. The summed E-state index contributed by atoms with van der Waals surface area (Å²) in [4.78, 5) is 10.4. The number of aromatic hydroxyl groups is 1. The van der Waals surface area contributed by atoms with Gasteiger partial charge in [0.05, 0.1) is 59.5 Å². The van der Waals surface area contributed by atoms with Gasteiger partial charge in [0.2, 0.25) is 11.2 Å². The smallest absolute Gasteiger partial charge is 0.297 e. The lowest BCUT2D eigenvalue weighted by Gasteiger charge is -2.15. The van der Waals surface area contributed by atoms with Gasteiger partial charge in [-0.25, -0.2) is 23.9 Å². The first kappa shape index (κ1) is 38.8. The molecule has 0 amide bonds. The van der Waals surface area contributed by atoms with Crippen LogP contribution in [0, 0.1) is 11.3 Å². The van der Waals surface area contributed by atoms with E-state index >= 15 is 0 Å². The minimum Gasteiger partial charge on any atom is -0.505 e. The highest BCUT2D eigenvalue weighted by Crippen LogP contribution is 2.47. The van der Waals surface area contributed by atoms with Crippen LogP contribution in [0.3, 0.4) is 0 Å². The molecule has 26 heteroatoms. The van der Waals surface area contributed by atoms with Crippen LogP contribution >= 0.6 is 36.0 Å². The Morgan fingerprint density at radius 3 is 2.46 bits per heavy atom. The van der Waals surface area contributed by atoms with Crippen LogP contribution in [0.1, 0.15) is 5.82 Å². The maximum atomic E-state index is 12.9. The van der Waals surface area contributed by atoms with Crippen molar-refractivity contribution in [2.45, 2.75) is 21.1 Å². The van der Waals surface area contributed by atoms with Crippen molar-refractivity contribution in [3.8, 4) is 17.6 Å². The fourth-order valence-electron chi connectivity index (χ4n) is 4.07. The molecule has 0 aliphatic rings. The number of nitrogens with one attached hydrogen (secondary N) is 1. The average Bonchev–Trinajstić information content (AvgIpc) is 3.06. The van der Waals surface area contributed by atoms with Crippen molar-refractivity contribution < 1.29 is 64.7 Å². The predicted octanol–water partition coefficient (Wildman–Crippen LogP) is 5.07. The summed E-state index contributed by atoms with van der Waals surface area (Å²) in [6.45, 7) is -0.369. The van der Waals surface area contributed by atoms with Crippen LogP contribution in [0.4, 0.5) is 23.0 Å². The first-order valence-electron chi connectivity index (χ1n) is 12.9. The van der Waals surface area contributed by atoms with Gasteiger partial charge in [0.15, 0.2) is 27.9 Å². The standard InChI is InChI=1S/C24H20ClN7O14S4/c1-41-17-5-2-12(49(36,37)9-8-42-48-46-44-35)10-16(17)31-32-20-18(47-45-43-34)11-14-13(21(20)33)3-4-15(22(14)50(38,39)40)27-24-29-19(6-7-26)28-23(25)30-24/h2-5,10-11,33-35H,6,8-9H2,1H3,(H,38,39,40)(H,27,28,29,30)/b32-31+. The second kappa shape index (κ2) is 17.3. The number of aromatic nitrogens is 3. The van der Waals surface area contributed by atoms with E-state index in [1.54, 1.807) is 0 Å². The zero-order chi connectivity index (χ0) is 36.5. The molecule has 3 aromatic carbocycles. The summed E-state index contributed by atoms with van der Waals surface area (Å²) in [7, 11) is -7.80. The number of ether oxygens (including phenoxy) is 1. The molecule has 0 aliphatic heterocycles. The summed E-state index contributed by atoms with van der Waals surface area (Å²) >= 11 is 6.34. The Hall–Kier alpha value is -4.01. The Morgan fingerprint density at radius 1 is 1.02 bits per heavy atom. The number of benzene rings is 3. The van der Waals surface area contributed by atoms with Crippen LogP contribution in [0.5, 0.6) is 11.5 Å². The number of nitriles is 1. The third kappa shape index (κ3) is 9.61. The molecule has 266 valence electrons. The van der Waals surface area contributed by atoms with Gasteiger partial charge in [0.1, 0.15) is 27.8 Å². The molecule has 0 aliphatic carbocycles. The van der Waals surface area contributed by atoms with Crippen molar-refractivity contribution >= 4 is 89.7 Å². The van der Waals surface area contributed by atoms with E-state index in [4.69, 9.17) is 36.3 Å². The van der Waals surface area contributed by atoms with Crippen molar-refractivity contribution in [2.24, 2.45) is 10.2 Å². The maximum Gasteiger partial charge on any atom is 0.297 e. The molecule has 0 bridgehead atoms.